The van der Waals surface area contributed by atoms with Gasteiger partial charge < -0.3 is 13.6 Å². The van der Waals surface area contributed by atoms with Crippen LogP contribution in [0.15, 0.2) is 217 Å². The molecule has 3 heterocycles. The summed E-state index contributed by atoms with van der Waals surface area (Å²) >= 11 is 0. The molecule has 12 aromatic rings. The van der Waals surface area contributed by atoms with Crippen molar-refractivity contribution in [2.75, 3.05) is 0 Å². The minimum absolute atomic E-state index is 0.641. The van der Waals surface area contributed by atoms with E-state index in [1.54, 1.807) is 0 Å². The van der Waals surface area contributed by atoms with Crippen LogP contribution in [0.4, 0.5) is 0 Å². The largest absolute Gasteiger partial charge is 0.456 e. The molecule has 5 heteroatoms. The van der Waals surface area contributed by atoms with Gasteiger partial charge in [0.2, 0.25) is 0 Å². The molecule has 0 spiro atoms. The van der Waals surface area contributed by atoms with Crippen LogP contribution in [-0.4, -0.2) is 17.2 Å². The van der Waals surface area contributed by atoms with Crippen LogP contribution in [0.5, 0.6) is 0 Å². The van der Waals surface area contributed by atoms with E-state index in [2.05, 4.69) is 215 Å². The molecule has 0 aliphatic carbocycles. The monoisotopic (exact) mass is 781 g/mol. The molecule has 0 radical (unpaired) electrons. The summed E-state index contributed by atoms with van der Waals surface area (Å²) in [6.45, 7) is 0. The third-order valence-electron chi connectivity index (χ3n) is 12.5. The molecule has 0 fully saturated rings. The molecule has 3 aromatic heterocycles. The zero-order valence-corrected chi connectivity index (χ0v) is 33.5. The Morgan fingerprint density at radius 3 is 1.53 bits per heavy atom. The molecule has 0 amide bonds. The van der Waals surface area contributed by atoms with Gasteiger partial charge in [-0.05, 0) is 81.4 Å². The van der Waals surface area contributed by atoms with E-state index >= 15 is 0 Å². The summed E-state index contributed by atoms with van der Waals surface area (Å²) in [4.78, 5) is 0. The van der Waals surface area contributed by atoms with Gasteiger partial charge >= 0.3 is 0 Å². The Kier molecular flexibility index (Phi) is 7.58. The van der Waals surface area contributed by atoms with Gasteiger partial charge in [0.1, 0.15) is 17.2 Å². The van der Waals surface area contributed by atoms with Gasteiger partial charge in [-0.25, -0.2) is 0 Å². The van der Waals surface area contributed by atoms with Crippen LogP contribution < -0.4 is 20.7 Å². The molecule has 280 valence electrons. The summed E-state index contributed by atoms with van der Waals surface area (Å²) in [5.41, 5.74) is 8.84. The van der Waals surface area contributed by atoms with Crippen molar-refractivity contribution in [1.82, 2.24) is 9.13 Å². The molecule has 4 nitrogen and oxygen atoms in total. The lowest BCUT2D eigenvalue weighted by atomic mass is 10.1. The summed E-state index contributed by atoms with van der Waals surface area (Å²) < 4.78 is 11.0. The van der Waals surface area contributed by atoms with Crippen molar-refractivity contribution in [1.29, 1.82) is 5.26 Å². The van der Waals surface area contributed by atoms with Crippen LogP contribution in [0, 0.1) is 11.3 Å². The molecule has 9 aromatic carbocycles. The zero-order chi connectivity index (χ0) is 39.8. The molecule has 0 unspecified atom stereocenters. The highest BCUT2D eigenvalue weighted by molar-refractivity contribution is 7.19. The predicted octanol–water partition coefficient (Wildman–Crippen LogP) is 11.0. The van der Waals surface area contributed by atoms with Gasteiger partial charge in [0.05, 0.1) is 33.3 Å². The van der Waals surface area contributed by atoms with Crippen molar-refractivity contribution in [3.8, 4) is 17.4 Å². The number of hydrogen-bond donors (Lipinski definition) is 0. The van der Waals surface area contributed by atoms with Crippen LogP contribution in [0.3, 0.4) is 0 Å². The number of nitriles is 1. The lowest BCUT2D eigenvalue weighted by Gasteiger charge is -2.35. The maximum absolute atomic E-state index is 11.0. The fourth-order valence-electron chi connectivity index (χ4n) is 10.0. The van der Waals surface area contributed by atoms with Crippen molar-refractivity contribution in [3.05, 3.63) is 218 Å². The third-order valence-corrected chi connectivity index (χ3v) is 17.3. The number of nitrogens with zero attached hydrogens (tertiary/aromatic N) is 3. The molecular formula is C55H35N3OSi. The Morgan fingerprint density at radius 1 is 0.383 bits per heavy atom. The topological polar surface area (TPSA) is 46.8 Å². The van der Waals surface area contributed by atoms with Gasteiger partial charge in [0.15, 0.2) is 8.07 Å². The molecule has 0 aliphatic rings. The molecular weight excluding hydrogens is 747 g/mol. The minimum atomic E-state index is -3.02. The maximum Gasteiger partial charge on any atom is 0.179 e. The standard InChI is InChI=1S/C55H35N3OSi/c56-36-37-35-42(31-32-47(37)58-48-23-11-7-19-43(48)44-20-8-12-24-49(44)58)60(39-15-3-1-4-16-39,40-17-5-2-6-18-40)41-29-27-38(28-30-41)57-50-25-13-9-21-45(50)54-51(57)33-34-53-55(54)46-22-10-14-26-52(46)59-53/h1-35H. The van der Waals surface area contributed by atoms with Crippen LogP contribution in [0.2, 0.25) is 0 Å². The molecule has 0 aliphatic heterocycles. The van der Waals surface area contributed by atoms with Crippen LogP contribution in [0.1, 0.15) is 5.56 Å². The fraction of sp³-hybridized carbons (Fsp3) is 0. The summed E-state index contributed by atoms with van der Waals surface area (Å²) in [6, 6.07) is 78.6. The Hall–Kier alpha value is -7.91. The molecule has 0 saturated carbocycles. The summed E-state index contributed by atoms with van der Waals surface area (Å²) in [7, 11) is -3.02. The lowest BCUT2D eigenvalue weighted by molar-refractivity contribution is 0.669. The number of rotatable bonds is 6. The third kappa shape index (κ3) is 4.83. The number of fused-ring (bicyclic) bond motifs is 10. The van der Waals surface area contributed by atoms with E-state index in [0.29, 0.717) is 5.56 Å². The van der Waals surface area contributed by atoms with Gasteiger partial charge in [-0.15, -0.1) is 0 Å². The number of para-hydroxylation sites is 4. The van der Waals surface area contributed by atoms with Crippen molar-refractivity contribution in [2.45, 2.75) is 0 Å². The first kappa shape index (κ1) is 34.2. The van der Waals surface area contributed by atoms with Crippen LogP contribution in [0.25, 0.3) is 76.9 Å². The van der Waals surface area contributed by atoms with E-state index in [4.69, 9.17) is 4.42 Å². The van der Waals surface area contributed by atoms with Gasteiger partial charge in [0, 0.05) is 38.0 Å². The quantitative estimate of drug-likeness (QED) is 0.125. The Morgan fingerprint density at radius 2 is 0.900 bits per heavy atom. The van der Waals surface area contributed by atoms with E-state index in [-0.39, 0.29) is 0 Å². The molecule has 12 rings (SSSR count). The fourth-order valence-corrected chi connectivity index (χ4v) is 14.8. The summed E-state index contributed by atoms with van der Waals surface area (Å²) in [5.74, 6) is 0. The van der Waals surface area contributed by atoms with Crippen molar-refractivity contribution in [3.63, 3.8) is 0 Å². The number of aromatic nitrogens is 2. The average molecular weight is 782 g/mol. The SMILES string of the molecule is N#Cc1cc([Si](c2ccccc2)(c2ccccc2)c2ccc(-n3c4ccccc4c4c5c(ccc43)oc3ccccc35)cc2)ccc1-n1c2ccccc2c2ccccc21. The summed E-state index contributed by atoms with van der Waals surface area (Å²) in [5, 5.41) is 22.9. The van der Waals surface area contributed by atoms with Gasteiger partial charge in [-0.1, -0.05) is 152 Å². The van der Waals surface area contributed by atoms with E-state index in [0.717, 1.165) is 60.6 Å². The highest BCUT2D eigenvalue weighted by Crippen LogP contribution is 2.41. The second kappa shape index (κ2) is 13.3. The Labute approximate surface area is 347 Å². The minimum Gasteiger partial charge on any atom is -0.456 e. The van der Waals surface area contributed by atoms with Crippen molar-refractivity contribution < 1.29 is 4.42 Å². The molecule has 0 atom stereocenters. The molecule has 0 bridgehead atoms. The van der Waals surface area contributed by atoms with E-state index in [1.807, 2.05) is 12.1 Å². The maximum atomic E-state index is 11.0. The Balaban J connectivity index is 1.10. The Bertz CT molecular complexity index is 3570. The van der Waals surface area contributed by atoms with Crippen molar-refractivity contribution >= 4 is 94.4 Å². The second-order valence-electron chi connectivity index (χ2n) is 15.5. The molecule has 0 N–H and O–H groups in total. The lowest BCUT2D eigenvalue weighted by Crippen LogP contribution is -2.74. The normalized spacial score (nSPS) is 12.0. The smallest absolute Gasteiger partial charge is 0.179 e. The number of hydrogen-bond acceptors (Lipinski definition) is 2. The van der Waals surface area contributed by atoms with Gasteiger partial charge in [0.25, 0.3) is 0 Å². The van der Waals surface area contributed by atoms with Gasteiger partial charge in [-0.3, -0.25) is 0 Å². The first-order chi connectivity index (χ1) is 29.7. The highest BCUT2D eigenvalue weighted by Gasteiger charge is 2.42. The number of benzene rings is 9. The van der Waals surface area contributed by atoms with Crippen LogP contribution >= 0.6 is 0 Å². The average Bonchev–Trinajstić information content (AvgIpc) is 3.98. The number of furan rings is 1. The van der Waals surface area contributed by atoms with Gasteiger partial charge in [-0.2, -0.15) is 5.26 Å². The highest BCUT2D eigenvalue weighted by atomic mass is 28.3. The first-order valence-electron chi connectivity index (χ1n) is 20.3. The van der Waals surface area contributed by atoms with E-state index < -0.39 is 8.07 Å². The first-order valence-corrected chi connectivity index (χ1v) is 22.3. The second-order valence-corrected chi connectivity index (χ2v) is 19.3. The summed E-state index contributed by atoms with van der Waals surface area (Å²) in [6.07, 6.45) is 0. The molecule has 0 saturated heterocycles. The zero-order valence-electron chi connectivity index (χ0n) is 32.5. The predicted molar refractivity (Wildman–Crippen MR) is 251 cm³/mol. The molecule has 60 heavy (non-hydrogen) atoms. The van der Waals surface area contributed by atoms with E-state index in [1.165, 1.54) is 37.1 Å². The van der Waals surface area contributed by atoms with E-state index in [9.17, 15) is 5.26 Å². The van der Waals surface area contributed by atoms with Crippen molar-refractivity contribution in [2.24, 2.45) is 0 Å². The van der Waals surface area contributed by atoms with Crippen LogP contribution in [-0.2, 0) is 0 Å².